The fourth-order valence-corrected chi connectivity index (χ4v) is 5.52. The summed E-state index contributed by atoms with van der Waals surface area (Å²) in [5, 5.41) is 0. The monoisotopic (exact) mass is 732 g/mol. The van der Waals surface area contributed by atoms with E-state index in [0.717, 1.165) is 0 Å². The van der Waals surface area contributed by atoms with Gasteiger partial charge in [0, 0.05) is 0 Å². The van der Waals surface area contributed by atoms with Crippen LogP contribution in [0.3, 0.4) is 0 Å². The van der Waals surface area contributed by atoms with Gasteiger partial charge in [-0.1, -0.05) is 121 Å². The zero-order chi connectivity index (χ0) is 33.3. The molecular weight excluding hydrogens is 704 g/mol. The second-order valence-corrected chi connectivity index (χ2v) is 14.4. The Morgan fingerprint density at radius 1 is 0.311 bits per heavy atom. The third-order valence-corrected chi connectivity index (χ3v) is 7.49. The standard InChI is InChI=1S/4C7H8O3S.Ti/c4*8-11(9,10)6-7-4-2-1-3-5-7;/h4*1-5H,6H2,(H,8,9,10);/q;;;;+4/p-4. The summed E-state index contributed by atoms with van der Waals surface area (Å²) in [5.41, 5.74) is 2.12. The van der Waals surface area contributed by atoms with Crippen molar-refractivity contribution in [3.63, 3.8) is 0 Å². The Kier molecular flexibility index (Phi) is 19.1. The first-order chi connectivity index (χ1) is 20.3. The van der Waals surface area contributed by atoms with Gasteiger partial charge in [-0.05, 0) is 22.3 Å². The molecule has 0 heterocycles. The molecule has 0 atom stereocenters. The van der Waals surface area contributed by atoms with Crippen molar-refractivity contribution < 1.29 is 73.6 Å². The Labute approximate surface area is 279 Å². The summed E-state index contributed by atoms with van der Waals surface area (Å²) in [4.78, 5) is 0. The van der Waals surface area contributed by atoms with Crippen molar-refractivity contribution in [3.05, 3.63) is 144 Å². The van der Waals surface area contributed by atoms with Gasteiger partial charge in [0.15, 0.2) is 0 Å². The number of benzene rings is 4. The average molecular weight is 733 g/mol. The van der Waals surface area contributed by atoms with Crippen LogP contribution >= 0.6 is 0 Å². The van der Waals surface area contributed by atoms with Gasteiger partial charge in [0.2, 0.25) is 0 Å². The van der Waals surface area contributed by atoms with E-state index in [0.29, 0.717) is 22.3 Å². The summed E-state index contributed by atoms with van der Waals surface area (Å²) in [6.07, 6.45) is 0. The van der Waals surface area contributed by atoms with Crippen molar-refractivity contribution >= 4 is 40.5 Å². The minimum absolute atomic E-state index is 0. The fourth-order valence-electron chi connectivity index (χ4n) is 3.11. The number of hydrogen-bond donors (Lipinski definition) is 0. The number of rotatable bonds is 8. The van der Waals surface area contributed by atoms with Crippen molar-refractivity contribution in [3.8, 4) is 0 Å². The van der Waals surface area contributed by atoms with Crippen LogP contribution in [0.15, 0.2) is 121 Å². The molecule has 0 saturated carbocycles. The first-order valence-corrected chi connectivity index (χ1v) is 18.5. The molecule has 0 aliphatic rings. The topological polar surface area (TPSA) is 229 Å². The molecule has 0 radical (unpaired) electrons. The molecule has 4 rings (SSSR count). The summed E-state index contributed by atoms with van der Waals surface area (Å²) in [5.74, 6) is -1.69. The van der Waals surface area contributed by atoms with Crippen LogP contribution in [0, 0.1) is 0 Å². The smallest absolute Gasteiger partial charge is 0.748 e. The maximum atomic E-state index is 10.2. The van der Waals surface area contributed by atoms with Crippen LogP contribution in [-0.4, -0.2) is 51.9 Å². The van der Waals surface area contributed by atoms with E-state index >= 15 is 0 Å². The van der Waals surface area contributed by atoms with Crippen LogP contribution in [-0.2, 0) is 85.2 Å². The third kappa shape index (κ3) is 26.2. The molecule has 0 unspecified atom stereocenters. The van der Waals surface area contributed by atoms with Crippen LogP contribution in [0.25, 0.3) is 0 Å². The summed E-state index contributed by atoms with van der Waals surface area (Å²) >= 11 is 0. The molecule has 17 heteroatoms. The summed E-state index contributed by atoms with van der Waals surface area (Å²) < 4.78 is 123. The van der Waals surface area contributed by atoms with Crippen LogP contribution in [0.4, 0.5) is 0 Å². The first kappa shape index (κ1) is 42.2. The summed E-state index contributed by atoms with van der Waals surface area (Å²) in [6, 6.07) is 33.5. The van der Waals surface area contributed by atoms with Gasteiger partial charge in [0.05, 0.1) is 63.5 Å². The second-order valence-electron chi connectivity index (χ2n) is 8.75. The Hall–Kier alpha value is -2.77. The van der Waals surface area contributed by atoms with E-state index in [1.165, 1.54) is 0 Å². The Morgan fingerprint density at radius 2 is 0.444 bits per heavy atom. The number of hydrogen-bond acceptors (Lipinski definition) is 12. The quantitative estimate of drug-likeness (QED) is 0.188. The zero-order valence-electron chi connectivity index (χ0n) is 23.4. The molecule has 240 valence electrons. The molecule has 4 aromatic carbocycles. The van der Waals surface area contributed by atoms with Gasteiger partial charge in [-0.25, -0.2) is 33.7 Å². The van der Waals surface area contributed by atoms with Gasteiger partial charge in [0.1, 0.15) is 0 Å². The molecule has 4 aromatic rings. The molecule has 0 amide bonds. The average Bonchev–Trinajstić information content (AvgIpc) is 2.88. The van der Waals surface area contributed by atoms with E-state index in [1.807, 2.05) is 0 Å². The minimum Gasteiger partial charge on any atom is -0.748 e. The molecule has 0 aliphatic heterocycles. The van der Waals surface area contributed by atoms with Gasteiger partial charge in [-0.2, -0.15) is 0 Å². The van der Waals surface area contributed by atoms with Gasteiger partial charge >= 0.3 is 21.7 Å². The van der Waals surface area contributed by atoms with Gasteiger partial charge in [0.25, 0.3) is 0 Å². The second kappa shape index (κ2) is 20.4. The summed E-state index contributed by atoms with van der Waals surface area (Å²) in [6.45, 7) is 0. The van der Waals surface area contributed by atoms with Crippen LogP contribution in [0.1, 0.15) is 22.3 Å². The van der Waals surface area contributed by atoms with E-state index in [4.69, 9.17) is 0 Å². The molecular formula is C28H28O12S4Ti. The molecule has 0 N–H and O–H groups in total. The minimum atomic E-state index is -4.13. The van der Waals surface area contributed by atoms with Crippen molar-refractivity contribution in [1.29, 1.82) is 0 Å². The molecule has 0 bridgehead atoms. The molecule has 45 heavy (non-hydrogen) atoms. The predicted octanol–water partition coefficient (Wildman–Crippen LogP) is 2.92. The van der Waals surface area contributed by atoms with Crippen LogP contribution < -0.4 is 0 Å². The Morgan fingerprint density at radius 3 is 0.556 bits per heavy atom. The van der Waals surface area contributed by atoms with E-state index in [1.54, 1.807) is 121 Å². The van der Waals surface area contributed by atoms with Gasteiger partial charge < -0.3 is 18.2 Å². The normalized spacial score (nSPS) is 11.1. The Balaban J connectivity index is 0.000000569. The fraction of sp³-hybridized carbons (Fsp3) is 0.143. The van der Waals surface area contributed by atoms with E-state index in [-0.39, 0.29) is 21.7 Å². The maximum Gasteiger partial charge on any atom is 4.00 e. The zero-order valence-corrected chi connectivity index (χ0v) is 28.2. The third-order valence-electron chi connectivity index (χ3n) is 4.75. The van der Waals surface area contributed by atoms with E-state index in [9.17, 15) is 51.9 Å². The molecule has 0 aliphatic carbocycles. The molecule has 0 spiro atoms. The van der Waals surface area contributed by atoms with Crippen molar-refractivity contribution in [2.75, 3.05) is 0 Å². The first-order valence-electron chi connectivity index (χ1n) is 12.2. The van der Waals surface area contributed by atoms with Gasteiger partial charge in [-0.3, -0.25) is 0 Å². The summed E-state index contributed by atoms with van der Waals surface area (Å²) in [7, 11) is -16.5. The Bertz CT molecular complexity index is 1540. The largest absolute Gasteiger partial charge is 4.00 e. The maximum absolute atomic E-state index is 10.2. The molecule has 0 fully saturated rings. The van der Waals surface area contributed by atoms with Crippen LogP contribution in [0.5, 0.6) is 0 Å². The molecule has 0 aromatic heterocycles. The SMILES string of the molecule is O=S(=O)([O-])Cc1ccccc1.O=S(=O)([O-])Cc1ccccc1.O=S(=O)([O-])Cc1ccccc1.O=S(=O)([O-])Cc1ccccc1.[Ti+4]. The van der Waals surface area contributed by atoms with Crippen molar-refractivity contribution in [2.24, 2.45) is 0 Å². The predicted molar refractivity (Wildman–Crippen MR) is 159 cm³/mol. The van der Waals surface area contributed by atoms with Crippen LogP contribution in [0.2, 0.25) is 0 Å². The molecule has 0 saturated heterocycles. The molecule has 12 nitrogen and oxygen atoms in total. The van der Waals surface area contributed by atoms with E-state index < -0.39 is 63.5 Å². The van der Waals surface area contributed by atoms with E-state index in [2.05, 4.69) is 0 Å². The van der Waals surface area contributed by atoms with Crippen molar-refractivity contribution in [2.45, 2.75) is 23.0 Å². The van der Waals surface area contributed by atoms with Crippen molar-refractivity contribution in [1.82, 2.24) is 0 Å². The van der Waals surface area contributed by atoms with Gasteiger partial charge in [-0.15, -0.1) is 0 Å².